The van der Waals surface area contributed by atoms with Gasteiger partial charge in [0, 0.05) is 99.5 Å². The van der Waals surface area contributed by atoms with Crippen LogP contribution in [0.1, 0.15) is 61.0 Å². The summed E-state index contributed by atoms with van der Waals surface area (Å²) < 4.78 is 57.7. The van der Waals surface area contributed by atoms with Crippen LogP contribution in [0.4, 0.5) is 13.2 Å². The van der Waals surface area contributed by atoms with E-state index in [-0.39, 0.29) is 132 Å². The molecule has 2 saturated heterocycles. The molecular formula is C52H51BrF3K2N6O7+. The monoisotopic (exact) mass is 1090 g/mol. The summed E-state index contributed by atoms with van der Waals surface area (Å²) in [5, 5.41) is 5.49. The fourth-order valence-electron chi connectivity index (χ4n) is 8.14. The zero-order valence-electron chi connectivity index (χ0n) is 40.7. The van der Waals surface area contributed by atoms with Gasteiger partial charge in [-0.25, -0.2) is 18.7 Å². The van der Waals surface area contributed by atoms with Crippen LogP contribution in [0, 0.1) is 42.2 Å². The molecule has 13 nitrogen and oxygen atoms in total. The van der Waals surface area contributed by atoms with Crippen molar-refractivity contribution in [3.05, 3.63) is 158 Å². The number of fused-ring (bicyclic) bond motifs is 4. The zero-order valence-corrected chi connectivity index (χ0v) is 47.6. The molecule has 2 fully saturated rings. The summed E-state index contributed by atoms with van der Waals surface area (Å²) in [5.41, 5.74) is 4.04. The van der Waals surface area contributed by atoms with Gasteiger partial charge in [-0.3, -0.25) is 28.4 Å². The summed E-state index contributed by atoms with van der Waals surface area (Å²) in [6.07, 6.45) is 5.59. The Bertz CT molecular complexity index is 3030. The number of hydrogen-bond acceptors (Lipinski definition) is 11. The average Bonchev–Trinajstić information content (AvgIpc) is 4.00. The van der Waals surface area contributed by atoms with E-state index in [0.29, 0.717) is 58.2 Å². The van der Waals surface area contributed by atoms with Gasteiger partial charge >= 0.3 is 109 Å². The minimum Gasteiger partial charge on any atom is -0.426 e. The van der Waals surface area contributed by atoms with E-state index in [4.69, 9.17) is 15.8 Å². The molecule has 2 unspecified atom stereocenters. The van der Waals surface area contributed by atoms with Crippen LogP contribution in [-0.4, -0.2) is 93.9 Å². The van der Waals surface area contributed by atoms with Gasteiger partial charge in [0.25, 0.3) is 11.1 Å². The van der Waals surface area contributed by atoms with E-state index in [1.165, 1.54) is 37.1 Å². The summed E-state index contributed by atoms with van der Waals surface area (Å²) in [4.78, 5) is 53.5. The third-order valence-electron chi connectivity index (χ3n) is 11.5. The van der Waals surface area contributed by atoms with Crippen molar-refractivity contribution < 1.29 is 141 Å². The van der Waals surface area contributed by atoms with Gasteiger partial charge in [-0.2, -0.15) is 0 Å². The second kappa shape index (κ2) is 31.1. The predicted octanol–water partition coefficient (Wildman–Crippen LogP) is 0.802. The number of rotatable bonds is 5. The van der Waals surface area contributed by atoms with E-state index in [9.17, 15) is 27.6 Å². The Kier molecular flexibility index (Phi) is 25.1. The molecule has 0 bridgehead atoms. The van der Waals surface area contributed by atoms with E-state index in [1.54, 1.807) is 47.0 Å². The van der Waals surface area contributed by atoms with Crippen molar-refractivity contribution in [2.24, 2.45) is 0 Å². The molecule has 1 N–H and O–H groups in total. The Morgan fingerprint density at radius 2 is 1.27 bits per heavy atom. The molecule has 0 amide bonds. The van der Waals surface area contributed by atoms with Gasteiger partial charge in [-0.1, -0.05) is 51.7 Å². The molecule has 4 aliphatic heterocycles. The molecule has 6 heterocycles. The standard InChI is InChI=1S/C25H24FN3O2.C20H16FN3O.C5H9BrO.C2H2FO3.2K/c26-20-4-1-3-18(15-20)6-7-19-8-9-22-23(16-19)27-24-10-11-28(12-13-29(24)25(22)30)17-21-5-2-14-31-21;21-16-3-1-2-14(12-16)4-5-15-6-7-17-18(13-15)23-19-8-9-22-10-11-24(19)20(17)25;6-4-5-2-1-3-7-5;3-1-5-6-2-4;;/h1,3-4,8-9,15-16,21H,2,5,10-14,17H2;1-3,6-7,12-13,22H,8-11H2;5H,1-4H2;1-2H;;/q;;;-1;2*+1/i;;;2D;;. The number of hydrogen-bond donors (Lipinski definition) is 1. The van der Waals surface area contributed by atoms with Crippen LogP contribution in [-0.2, 0) is 50.0 Å². The van der Waals surface area contributed by atoms with E-state index in [1.807, 2.05) is 22.8 Å². The molecule has 0 saturated carbocycles. The van der Waals surface area contributed by atoms with Gasteiger partial charge in [0.05, 0.1) is 34.0 Å². The smallest absolute Gasteiger partial charge is 0.426 e. The van der Waals surface area contributed by atoms with Crippen LogP contribution in [0.3, 0.4) is 0 Å². The summed E-state index contributed by atoms with van der Waals surface area (Å²) >= 11 is 3.35. The van der Waals surface area contributed by atoms with Crippen LogP contribution < -0.4 is 119 Å². The maximum Gasteiger partial charge on any atom is 1.00 e. The Hall–Kier alpha value is -2.91. The summed E-state index contributed by atoms with van der Waals surface area (Å²) in [6, 6.07) is 23.2. The third kappa shape index (κ3) is 17.9. The Labute approximate surface area is 505 Å². The molecule has 0 radical (unpaired) electrons. The minimum atomic E-state index is -1.44. The molecule has 2 atom stereocenters. The van der Waals surface area contributed by atoms with Crippen molar-refractivity contribution in [1.82, 2.24) is 29.3 Å². The van der Waals surface area contributed by atoms with Crippen LogP contribution in [0.15, 0.2) is 94.5 Å². The molecule has 0 aliphatic carbocycles. The zero-order chi connectivity index (χ0) is 49.2. The molecule has 19 heteroatoms. The number of aromatic nitrogens is 4. The SMILES string of the molecule is BrCC1CCCO1.O=c1c2ccc(C#Cc3cccc(F)c3)cc2nc2n1CCN(CC1CCCO1)CC2.O=c1c2ccc(C#Cc3cccc(F)c3)cc2nc2n1CCNCC2.[2H]C(=O)OO[CH-]F.[K+].[K+]. The van der Waals surface area contributed by atoms with Crippen LogP contribution in [0.25, 0.3) is 21.8 Å². The number of alkyl halides is 1. The van der Waals surface area contributed by atoms with Crippen LogP contribution in [0.5, 0.6) is 0 Å². The van der Waals surface area contributed by atoms with Gasteiger partial charge in [-0.05, 0) is 105 Å². The molecule has 0 spiro atoms. The first kappa shape index (κ1) is 57.4. The first-order valence-electron chi connectivity index (χ1n) is 23.2. The molecule has 4 aliphatic rings. The number of nitrogens with zero attached hydrogens (tertiary/aromatic N) is 5. The molecule has 360 valence electrons. The Morgan fingerprint density at radius 3 is 1.75 bits per heavy atom. The molecule has 71 heavy (non-hydrogen) atoms. The minimum absolute atomic E-state index is 0. The first-order valence-corrected chi connectivity index (χ1v) is 23.8. The van der Waals surface area contributed by atoms with Crippen LogP contribution in [0.2, 0.25) is 0 Å². The van der Waals surface area contributed by atoms with Crippen molar-refractivity contribution in [2.75, 3.05) is 51.3 Å². The predicted molar refractivity (Wildman–Crippen MR) is 259 cm³/mol. The average molecular weight is 1090 g/mol. The number of halogens is 4. The molecule has 2 aromatic heterocycles. The number of benzene rings is 4. The van der Waals surface area contributed by atoms with Crippen molar-refractivity contribution in [1.29, 1.82) is 0 Å². The summed E-state index contributed by atoms with van der Waals surface area (Å²) in [6.45, 7) is 6.98. The van der Waals surface area contributed by atoms with Crippen molar-refractivity contribution >= 4 is 44.2 Å². The largest absolute Gasteiger partial charge is 1.00 e. The Morgan fingerprint density at radius 1 is 0.732 bits per heavy atom. The van der Waals surface area contributed by atoms with Crippen molar-refractivity contribution in [3.8, 4) is 23.7 Å². The quantitative estimate of drug-likeness (QED) is 0.0500. The maximum atomic E-state index is 13.4. The summed E-state index contributed by atoms with van der Waals surface area (Å²) in [7, 11) is 0. The second-order valence-corrected chi connectivity index (χ2v) is 16.9. The molecule has 6 aromatic rings. The van der Waals surface area contributed by atoms with Crippen molar-refractivity contribution in [2.45, 2.75) is 63.8 Å². The van der Waals surface area contributed by atoms with Crippen molar-refractivity contribution in [3.63, 3.8) is 0 Å². The second-order valence-electron chi connectivity index (χ2n) is 16.3. The normalized spacial score (nSPS) is 17.0. The fraction of sp³-hybridized carbons (Fsp3) is 0.346. The van der Waals surface area contributed by atoms with E-state index in [0.717, 1.165) is 99.7 Å². The van der Waals surface area contributed by atoms with Gasteiger partial charge in [0.1, 0.15) is 23.3 Å². The summed E-state index contributed by atoms with van der Waals surface area (Å²) in [5.74, 6) is 13.0. The van der Waals surface area contributed by atoms with E-state index >= 15 is 0 Å². The van der Waals surface area contributed by atoms with Gasteiger partial charge in [0.15, 0.2) is 1.37 Å². The maximum absolute atomic E-state index is 13.4. The van der Waals surface area contributed by atoms with E-state index in [2.05, 4.69) is 64.6 Å². The number of carbonyl (C=O) groups is 1. The topological polar surface area (TPSA) is 139 Å². The van der Waals surface area contributed by atoms with Gasteiger partial charge < -0.3 is 29.0 Å². The number of ether oxygens (including phenoxy) is 2. The van der Waals surface area contributed by atoms with Gasteiger partial charge in [-0.15, -0.1) is 0 Å². The van der Waals surface area contributed by atoms with Crippen LogP contribution >= 0.6 is 15.9 Å². The van der Waals surface area contributed by atoms with Gasteiger partial charge in [0.2, 0.25) is 0 Å². The number of carbonyl (C=O) groups excluding carboxylic acids is 1. The van der Waals surface area contributed by atoms with E-state index < -0.39 is 6.45 Å². The Balaban J connectivity index is 0.000000209. The number of nitrogens with one attached hydrogen (secondary N) is 1. The first-order chi connectivity index (χ1) is 34.1. The fourth-order valence-corrected chi connectivity index (χ4v) is 8.65. The third-order valence-corrected chi connectivity index (χ3v) is 12.3. The molecule has 10 rings (SSSR count). The molecular weight excluding hydrogens is 1040 g/mol. The molecule has 4 aromatic carbocycles.